The average Bonchev–Trinajstić information content (AvgIpc) is 2.92. The zero-order valence-electron chi connectivity index (χ0n) is 13.2. The maximum Gasteiger partial charge on any atom is 0.154 e. The van der Waals surface area contributed by atoms with Crippen LogP contribution in [0.25, 0.3) is 5.52 Å². The van der Waals surface area contributed by atoms with E-state index in [1.165, 1.54) is 12.8 Å². The van der Waals surface area contributed by atoms with E-state index in [0.29, 0.717) is 11.8 Å². The largest absolute Gasteiger partial charge is 0.355 e. The second kappa shape index (κ2) is 6.02. The number of anilines is 1. The summed E-state index contributed by atoms with van der Waals surface area (Å²) < 4.78 is 1.97. The normalized spacial score (nSPS) is 19.6. The van der Waals surface area contributed by atoms with Crippen molar-refractivity contribution in [2.45, 2.75) is 32.6 Å². The minimum atomic E-state index is 0.441. The zero-order chi connectivity index (χ0) is 14.8. The molecule has 2 aromatic heterocycles. The van der Waals surface area contributed by atoms with Crippen molar-refractivity contribution >= 4 is 11.3 Å². The van der Waals surface area contributed by atoms with Crippen LogP contribution >= 0.6 is 0 Å². The van der Waals surface area contributed by atoms with E-state index in [2.05, 4.69) is 40.2 Å². The molecule has 21 heavy (non-hydrogen) atoms. The van der Waals surface area contributed by atoms with Crippen molar-refractivity contribution in [2.75, 3.05) is 31.6 Å². The SMILES string of the molecule is CNCC1CCCN(c2nccn3nc(C(C)C)cc23)C1. The van der Waals surface area contributed by atoms with E-state index in [0.717, 1.165) is 36.7 Å². The molecular formula is C16H25N5. The fourth-order valence-corrected chi connectivity index (χ4v) is 3.17. The van der Waals surface area contributed by atoms with Gasteiger partial charge < -0.3 is 10.2 Å². The van der Waals surface area contributed by atoms with E-state index in [1.54, 1.807) is 0 Å². The topological polar surface area (TPSA) is 45.5 Å². The number of fused-ring (bicyclic) bond motifs is 1. The fraction of sp³-hybridized carbons (Fsp3) is 0.625. The number of rotatable bonds is 4. The first-order valence-electron chi connectivity index (χ1n) is 7.93. The van der Waals surface area contributed by atoms with Crippen molar-refractivity contribution in [3.63, 3.8) is 0 Å². The van der Waals surface area contributed by atoms with Crippen molar-refractivity contribution < 1.29 is 0 Å². The molecule has 1 atom stereocenters. The molecule has 3 rings (SSSR count). The first-order chi connectivity index (χ1) is 10.2. The van der Waals surface area contributed by atoms with Crippen LogP contribution in [0.5, 0.6) is 0 Å². The van der Waals surface area contributed by atoms with Crippen LogP contribution in [0, 0.1) is 5.92 Å². The highest BCUT2D eigenvalue weighted by Gasteiger charge is 2.22. The Kier molecular flexibility index (Phi) is 4.10. The molecule has 0 saturated carbocycles. The van der Waals surface area contributed by atoms with Crippen molar-refractivity contribution in [1.29, 1.82) is 0 Å². The van der Waals surface area contributed by atoms with Gasteiger partial charge in [-0.3, -0.25) is 0 Å². The lowest BCUT2D eigenvalue weighted by atomic mass is 9.98. The molecule has 3 heterocycles. The third-order valence-corrected chi connectivity index (χ3v) is 4.29. The molecule has 0 amide bonds. The van der Waals surface area contributed by atoms with Crippen molar-refractivity contribution in [3.05, 3.63) is 24.2 Å². The molecule has 1 aliphatic heterocycles. The van der Waals surface area contributed by atoms with E-state index >= 15 is 0 Å². The van der Waals surface area contributed by atoms with Crippen LogP contribution in [0.4, 0.5) is 5.82 Å². The summed E-state index contributed by atoms with van der Waals surface area (Å²) in [7, 11) is 2.03. The maximum absolute atomic E-state index is 4.66. The van der Waals surface area contributed by atoms with Crippen LogP contribution in [-0.2, 0) is 0 Å². The average molecular weight is 287 g/mol. The molecule has 1 N–H and O–H groups in total. The smallest absolute Gasteiger partial charge is 0.154 e. The van der Waals surface area contributed by atoms with Crippen LogP contribution in [0.2, 0.25) is 0 Å². The zero-order valence-corrected chi connectivity index (χ0v) is 13.2. The lowest BCUT2D eigenvalue weighted by molar-refractivity contribution is 0.401. The summed E-state index contributed by atoms with van der Waals surface area (Å²) in [6.07, 6.45) is 6.35. The van der Waals surface area contributed by atoms with Gasteiger partial charge in [0.1, 0.15) is 5.52 Å². The van der Waals surface area contributed by atoms with Crippen LogP contribution in [0.1, 0.15) is 38.3 Å². The molecule has 1 unspecified atom stereocenters. The molecular weight excluding hydrogens is 262 g/mol. The molecule has 5 nitrogen and oxygen atoms in total. The lowest BCUT2D eigenvalue weighted by Crippen LogP contribution is -2.39. The minimum Gasteiger partial charge on any atom is -0.355 e. The van der Waals surface area contributed by atoms with E-state index in [4.69, 9.17) is 0 Å². The summed E-state index contributed by atoms with van der Waals surface area (Å²) in [5.41, 5.74) is 2.26. The molecule has 1 fully saturated rings. The second-order valence-electron chi connectivity index (χ2n) is 6.32. The predicted octanol–water partition coefficient (Wildman–Crippen LogP) is 2.29. The Hall–Kier alpha value is -1.62. The van der Waals surface area contributed by atoms with Gasteiger partial charge in [0.05, 0.1) is 5.69 Å². The van der Waals surface area contributed by atoms with Crippen LogP contribution in [0.3, 0.4) is 0 Å². The number of nitrogens with one attached hydrogen (secondary N) is 1. The molecule has 2 aromatic rings. The summed E-state index contributed by atoms with van der Waals surface area (Å²) in [6.45, 7) is 7.61. The van der Waals surface area contributed by atoms with Gasteiger partial charge in [-0.05, 0) is 44.3 Å². The maximum atomic E-state index is 4.66. The monoisotopic (exact) mass is 287 g/mol. The number of hydrogen-bond acceptors (Lipinski definition) is 4. The number of aromatic nitrogens is 3. The van der Waals surface area contributed by atoms with Crippen LogP contribution in [-0.4, -0.2) is 41.3 Å². The number of piperidine rings is 1. The van der Waals surface area contributed by atoms with E-state index < -0.39 is 0 Å². The molecule has 0 spiro atoms. The summed E-state index contributed by atoms with van der Waals surface area (Å²) >= 11 is 0. The van der Waals surface area contributed by atoms with Crippen LogP contribution in [0.15, 0.2) is 18.5 Å². The third-order valence-electron chi connectivity index (χ3n) is 4.29. The Morgan fingerprint density at radius 3 is 3.05 bits per heavy atom. The Labute approximate surface area is 126 Å². The molecule has 0 radical (unpaired) electrons. The molecule has 0 aromatic carbocycles. The molecule has 114 valence electrons. The molecule has 1 saturated heterocycles. The van der Waals surface area contributed by atoms with Gasteiger partial charge in [-0.25, -0.2) is 9.50 Å². The summed E-state index contributed by atoms with van der Waals surface area (Å²) in [5, 5.41) is 7.96. The molecule has 0 bridgehead atoms. The van der Waals surface area contributed by atoms with Gasteiger partial charge in [-0.15, -0.1) is 0 Å². The molecule has 1 aliphatic rings. The van der Waals surface area contributed by atoms with Gasteiger partial charge >= 0.3 is 0 Å². The quantitative estimate of drug-likeness (QED) is 0.937. The summed E-state index contributed by atoms with van der Waals surface area (Å²) in [6, 6.07) is 2.19. The first-order valence-corrected chi connectivity index (χ1v) is 7.93. The highest BCUT2D eigenvalue weighted by molar-refractivity contribution is 5.69. The minimum absolute atomic E-state index is 0.441. The van der Waals surface area contributed by atoms with E-state index in [9.17, 15) is 0 Å². The summed E-state index contributed by atoms with van der Waals surface area (Å²) in [5.74, 6) is 2.23. The third kappa shape index (κ3) is 2.88. The van der Waals surface area contributed by atoms with Crippen molar-refractivity contribution in [2.24, 2.45) is 5.92 Å². The number of nitrogens with zero attached hydrogens (tertiary/aromatic N) is 4. The van der Waals surface area contributed by atoms with Gasteiger partial charge in [0.25, 0.3) is 0 Å². The first kappa shape index (κ1) is 14.3. The van der Waals surface area contributed by atoms with E-state index in [-0.39, 0.29) is 0 Å². The fourth-order valence-electron chi connectivity index (χ4n) is 3.17. The molecule has 0 aliphatic carbocycles. The Morgan fingerprint density at radius 2 is 2.29 bits per heavy atom. The van der Waals surface area contributed by atoms with E-state index in [1.807, 2.05) is 24.0 Å². The van der Waals surface area contributed by atoms with Crippen molar-refractivity contribution in [3.8, 4) is 0 Å². The van der Waals surface area contributed by atoms with Gasteiger partial charge in [0.2, 0.25) is 0 Å². The highest BCUT2D eigenvalue weighted by atomic mass is 15.3. The highest BCUT2D eigenvalue weighted by Crippen LogP contribution is 2.26. The second-order valence-corrected chi connectivity index (χ2v) is 6.32. The number of hydrogen-bond donors (Lipinski definition) is 1. The lowest BCUT2D eigenvalue weighted by Gasteiger charge is -2.33. The molecule has 5 heteroatoms. The van der Waals surface area contributed by atoms with Gasteiger partial charge in [0, 0.05) is 25.5 Å². The van der Waals surface area contributed by atoms with Crippen molar-refractivity contribution in [1.82, 2.24) is 19.9 Å². The van der Waals surface area contributed by atoms with Crippen LogP contribution < -0.4 is 10.2 Å². The van der Waals surface area contributed by atoms with Gasteiger partial charge in [-0.2, -0.15) is 5.10 Å². The van der Waals surface area contributed by atoms with Gasteiger partial charge in [0.15, 0.2) is 5.82 Å². The standard InChI is InChI=1S/C16H25N5/c1-12(2)14-9-15-16(18-6-8-21(15)19-14)20-7-4-5-13(11-20)10-17-3/h6,8-9,12-13,17H,4-5,7,10-11H2,1-3H3. The van der Waals surface area contributed by atoms with Gasteiger partial charge in [-0.1, -0.05) is 13.8 Å². The Bertz CT molecular complexity index is 602. The Balaban J connectivity index is 1.92. The Morgan fingerprint density at radius 1 is 1.43 bits per heavy atom. The predicted molar refractivity (Wildman–Crippen MR) is 85.9 cm³/mol. The summed E-state index contributed by atoms with van der Waals surface area (Å²) in [4.78, 5) is 7.07.